The van der Waals surface area contributed by atoms with E-state index in [1.165, 1.54) is 0 Å². The van der Waals surface area contributed by atoms with Crippen LogP contribution in [0.4, 0.5) is 4.79 Å². The Bertz CT molecular complexity index is 470. The van der Waals surface area contributed by atoms with E-state index in [9.17, 15) is 9.59 Å². The van der Waals surface area contributed by atoms with Crippen LogP contribution in [-0.2, 0) is 4.79 Å². The maximum absolute atomic E-state index is 11.3. The van der Waals surface area contributed by atoms with E-state index < -0.39 is 5.81 Å². The lowest BCUT2D eigenvalue weighted by Gasteiger charge is -2.28. The van der Waals surface area contributed by atoms with Crippen molar-refractivity contribution in [3.8, 4) is 0 Å². The summed E-state index contributed by atoms with van der Waals surface area (Å²) in [5, 5.41) is 0. The molecule has 2 radical (unpaired) electrons. The van der Waals surface area contributed by atoms with E-state index in [2.05, 4.69) is 0 Å². The topological polar surface area (TPSA) is 37.4 Å². The van der Waals surface area contributed by atoms with Gasteiger partial charge in [-0.1, -0.05) is 42.0 Å². The molecule has 1 aliphatic heterocycles. The zero-order valence-electron chi connectivity index (χ0n) is 10.1. The summed E-state index contributed by atoms with van der Waals surface area (Å²) in [6.07, 6.45) is 3.59. The van der Waals surface area contributed by atoms with Crippen molar-refractivity contribution < 1.29 is 9.59 Å². The lowest BCUT2D eigenvalue weighted by atomic mass is 9.88. The average Bonchev–Trinajstić information content (AvgIpc) is 2.41. The van der Waals surface area contributed by atoms with Crippen LogP contribution in [0, 0.1) is 0 Å². The minimum atomic E-state index is -0.410. The van der Waals surface area contributed by atoms with Gasteiger partial charge in [0.05, 0.1) is 5.92 Å². The van der Waals surface area contributed by atoms with E-state index >= 15 is 0 Å². The van der Waals surface area contributed by atoms with Crippen molar-refractivity contribution in [1.29, 1.82) is 0 Å². The highest BCUT2D eigenvalue weighted by Crippen LogP contribution is 2.27. The van der Waals surface area contributed by atoms with Crippen LogP contribution in [-0.4, -0.2) is 37.9 Å². The Hall–Kier alpha value is -1.84. The fourth-order valence-corrected chi connectivity index (χ4v) is 2.21. The maximum atomic E-state index is 11.3. The standard InChI is InChI=1S/C14H14BNO2/c15-14(18)16-8-6-12(7-9-16)13(10-17)11-4-2-1-3-5-11/h1-6,10,13H,7-9H2. The number of carbonyl (C=O) groups is 2. The second-order valence-electron chi connectivity index (χ2n) is 4.34. The van der Waals surface area contributed by atoms with Gasteiger partial charge in [-0.3, -0.25) is 4.79 Å². The minimum absolute atomic E-state index is 0.207. The molecule has 1 aliphatic rings. The second-order valence-corrected chi connectivity index (χ2v) is 4.34. The number of nitrogens with zero attached hydrogens (tertiary/aromatic N) is 1. The summed E-state index contributed by atoms with van der Waals surface area (Å²) in [7, 11) is 5.22. The third-order valence-electron chi connectivity index (χ3n) is 3.25. The lowest BCUT2D eigenvalue weighted by Crippen LogP contribution is -2.34. The van der Waals surface area contributed by atoms with Crippen LogP contribution in [0.1, 0.15) is 17.9 Å². The molecule has 0 saturated carbocycles. The van der Waals surface area contributed by atoms with Gasteiger partial charge in [-0.25, -0.2) is 0 Å². The van der Waals surface area contributed by atoms with Crippen LogP contribution in [0.15, 0.2) is 42.0 Å². The molecule has 0 saturated heterocycles. The van der Waals surface area contributed by atoms with Crippen LogP contribution in [0.2, 0.25) is 0 Å². The molecule has 90 valence electrons. The quantitative estimate of drug-likeness (QED) is 0.459. The molecule has 1 aromatic carbocycles. The molecule has 1 heterocycles. The van der Waals surface area contributed by atoms with E-state index in [1.54, 1.807) is 4.90 Å². The number of benzene rings is 1. The largest absolute Gasteiger partial charge is 0.348 e. The van der Waals surface area contributed by atoms with Gasteiger partial charge in [0.25, 0.3) is 0 Å². The first-order valence-corrected chi connectivity index (χ1v) is 5.96. The third kappa shape index (κ3) is 2.70. The molecule has 1 atom stereocenters. The van der Waals surface area contributed by atoms with Crippen molar-refractivity contribution in [2.75, 3.05) is 13.1 Å². The van der Waals surface area contributed by atoms with Gasteiger partial charge in [0.1, 0.15) is 6.29 Å². The SMILES string of the molecule is [B]C(=O)N1CC=C(C(C=O)c2ccccc2)CC1. The zero-order chi connectivity index (χ0) is 13.0. The molecular weight excluding hydrogens is 225 g/mol. The predicted octanol–water partition coefficient (Wildman–Crippen LogP) is 1.89. The first-order chi connectivity index (χ1) is 8.72. The van der Waals surface area contributed by atoms with E-state index in [0.29, 0.717) is 19.5 Å². The summed E-state index contributed by atoms with van der Waals surface area (Å²) >= 11 is 0. The number of carbonyl (C=O) groups excluding carboxylic acids is 2. The second kappa shape index (κ2) is 5.67. The van der Waals surface area contributed by atoms with Gasteiger partial charge in [-0.05, 0) is 12.0 Å². The Morgan fingerprint density at radius 3 is 2.56 bits per heavy atom. The number of amides is 1. The fourth-order valence-electron chi connectivity index (χ4n) is 2.21. The van der Waals surface area contributed by atoms with Gasteiger partial charge < -0.3 is 9.69 Å². The Balaban J connectivity index is 2.16. The maximum Gasteiger partial charge on any atom is 0.200 e. The first-order valence-electron chi connectivity index (χ1n) is 5.96. The summed E-state index contributed by atoms with van der Waals surface area (Å²) in [5.74, 6) is -0.617. The van der Waals surface area contributed by atoms with Crippen LogP contribution >= 0.6 is 0 Å². The van der Waals surface area contributed by atoms with Crippen molar-refractivity contribution in [3.05, 3.63) is 47.5 Å². The molecule has 3 nitrogen and oxygen atoms in total. The summed E-state index contributed by atoms with van der Waals surface area (Å²) in [6.45, 7) is 1.07. The van der Waals surface area contributed by atoms with E-state index in [1.807, 2.05) is 36.4 Å². The number of rotatable bonds is 3. The van der Waals surface area contributed by atoms with Gasteiger partial charge in [0.2, 0.25) is 7.85 Å². The van der Waals surface area contributed by atoms with Gasteiger partial charge >= 0.3 is 0 Å². The lowest BCUT2D eigenvalue weighted by molar-refractivity contribution is -0.108. The Morgan fingerprint density at radius 1 is 1.33 bits per heavy atom. The fraction of sp³-hybridized carbons (Fsp3) is 0.286. The van der Waals surface area contributed by atoms with Crippen LogP contribution < -0.4 is 0 Å². The molecular formula is C14H14BNO2. The van der Waals surface area contributed by atoms with Gasteiger partial charge in [0, 0.05) is 13.1 Å². The Morgan fingerprint density at radius 2 is 2.06 bits per heavy atom. The van der Waals surface area contributed by atoms with Crippen molar-refractivity contribution >= 4 is 19.9 Å². The van der Waals surface area contributed by atoms with Crippen LogP contribution in [0.25, 0.3) is 0 Å². The van der Waals surface area contributed by atoms with Gasteiger partial charge in [-0.15, -0.1) is 0 Å². The summed E-state index contributed by atoms with van der Waals surface area (Å²) in [6, 6.07) is 9.66. The Kier molecular flexibility index (Phi) is 3.97. The molecule has 0 N–H and O–H groups in total. The normalized spacial score (nSPS) is 16.9. The molecule has 1 unspecified atom stereocenters. The molecule has 1 amide bonds. The molecule has 1 aromatic rings. The highest BCUT2D eigenvalue weighted by molar-refractivity contribution is 6.56. The number of hydrogen-bond donors (Lipinski definition) is 0. The summed E-state index contributed by atoms with van der Waals surface area (Å²) in [5.41, 5.74) is 2.06. The summed E-state index contributed by atoms with van der Waals surface area (Å²) < 4.78 is 0. The molecule has 18 heavy (non-hydrogen) atoms. The predicted molar refractivity (Wildman–Crippen MR) is 70.7 cm³/mol. The Labute approximate surface area is 108 Å². The first kappa shape index (κ1) is 12.6. The summed E-state index contributed by atoms with van der Waals surface area (Å²) in [4.78, 5) is 23.9. The molecule has 0 spiro atoms. The van der Waals surface area contributed by atoms with Crippen molar-refractivity contribution in [1.82, 2.24) is 4.90 Å². The number of hydrogen-bond acceptors (Lipinski definition) is 2. The smallest absolute Gasteiger partial charge is 0.200 e. The minimum Gasteiger partial charge on any atom is -0.348 e. The number of aldehydes is 1. The molecule has 2 rings (SSSR count). The highest BCUT2D eigenvalue weighted by Gasteiger charge is 2.20. The molecule has 0 bridgehead atoms. The van der Waals surface area contributed by atoms with Crippen molar-refractivity contribution in [2.24, 2.45) is 0 Å². The van der Waals surface area contributed by atoms with E-state index in [4.69, 9.17) is 7.85 Å². The molecule has 0 fully saturated rings. The van der Waals surface area contributed by atoms with Crippen molar-refractivity contribution in [2.45, 2.75) is 12.3 Å². The van der Waals surface area contributed by atoms with E-state index in [0.717, 1.165) is 17.4 Å². The third-order valence-corrected chi connectivity index (χ3v) is 3.25. The zero-order valence-corrected chi connectivity index (χ0v) is 10.1. The van der Waals surface area contributed by atoms with Crippen LogP contribution in [0.3, 0.4) is 0 Å². The monoisotopic (exact) mass is 239 g/mol. The average molecular weight is 239 g/mol. The van der Waals surface area contributed by atoms with E-state index in [-0.39, 0.29) is 5.92 Å². The molecule has 0 aliphatic carbocycles. The van der Waals surface area contributed by atoms with Gasteiger partial charge in [0.15, 0.2) is 5.81 Å². The highest BCUT2D eigenvalue weighted by atomic mass is 16.1. The molecule has 0 aromatic heterocycles. The molecule has 4 heteroatoms. The van der Waals surface area contributed by atoms with Crippen molar-refractivity contribution in [3.63, 3.8) is 0 Å². The van der Waals surface area contributed by atoms with Crippen LogP contribution in [0.5, 0.6) is 0 Å². The van der Waals surface area contributed by atoms with Gasteiger partial charge in [-0.2, -0.15) is 0 Å².